The summed E-state index contributed by atoms with van der Waals surface area (Å²) in [5, 5.41) is 8.00. The highest BCUT2D eigenvalue weighted by atomic mass is 79.9. The van der Waals surface area contributed by atoms with E-state index in [1.54, 1.807) is 0 Å². The van der Waals surface area contributed by atoms with Crippen molar-refractivity contribution in [2.24, 2.45) is 5.14 Å². The van der Waals surface area contributed by atoms with Gasteiger partial charge in [-0.3, -0.25) is 4.79 Å². The maximum absolute atomic E-state index is 12.4. The van der Waals surface area contributed by atoms with Gasteiger partial charge in [0.1, 0.15) is 0 Å². The molecule has 0 radical (unpaired) electrons. The van der Waals surface area contributed by atoms with Crippen molar-refractivity contribution in [2.75, 3.05) is 0 Å². The number of halogens is 1. The summed E-state index contributed by atoms with van der Waals surface area (Å²) in [7, 11) is -3.85. The number of hydrogen-bond donors (Lipinski definition) is 2. The first kappa shape index (κ1) is 18.6. The molecule has 0 aliphatic carbocycles. The Hall–Kier alpha value is -1.70. The number of amides is 1. The first-order valence-electron chi connectivity index (χ1n) is 7.44. The standard InChI is InChI=1S/C17H19BrN2O3S/c1-12(7-8-13-5-3-2-4-6-13)20-17(21)15-11-14(24(19,22)23)9-10-16(15)18/h2-6,9-12H,7-8H2,1H3,(H,20,21)(H2,19,22,23). The fraction of sp³-hybridized carbons (Fsp3) is 0.235. The van der Waals surface area contributed by atoms with Crippen molar-refractivity contribution in [1.82, 2.24) is 5.32 Å². The molecule has 2 aromatic rings. The van der Waals surface area contributed by atoms with Gasteiger partial charge in [-0.1, -0.05) is 30.3 Å². The highest BCUT2D eigenvalue weighted by Crippen LogP contribution is 2.20. The average molecular weight is 411 g/mol. The lowest BCUT2D eigenvalue weighted by atomic mass is 10.1. The molecule has 7 heteroatoms. The van der Waals surface area contributed by atoms with Crippen LogP contribution in [0.5, 0.6) is 0 Å². The lowest BCUT2D eigenvalue weighted by molar-refractivity contribution is 0.0937. The van der Waals surface area contributed by atoms with Crippen LogP contribution in [0.4, 0.5) is 0 Å². The number of nitrogens with two attached hydrogens (primary N) is 1. The predicted molar refractivity (Wildman–Crippen MR) is 97.2 cm³/mol. The molecule has 1 amide bonds. The van der Waals surface area contributed by atoms with Gasteiger partial charge in [0.15, 0.2) is 0 Å². The Morgan fingerprint density at radius 3 is 2.50 bits per heavy atom. The van der Waals surface area contributed by atoms with E-state index in [0.29, 0.717) is 4.47 Å². The molecular formula is C17H19BrN2O3S. The topological polar surface area (TPSA) is 89.3 Å². The third-order valence-corrected chi connectivity index (χ3v) is 5.20. The van der Waals surface area contributed by atoms with Gasteiger partial charge in [0, 0.05) is 10.5 Å². The minimum atomic E-state index is -3.85. The monoisotopic (exact) mass is 410 g/mol. The van der Waals surface area contributed by atoms with Crippen molar-refractivity contribution >= 4 is 31.9 Å². The van der Waals surface area contributed by atoms with E-state index in [1.807, 2.05) is 37.3 Å². The lowest BCUT2D eigenvalue weighted by Crippen LogP contribution is -2.33. The number of benzene rings is 2. The van der Waals surface area contributed by atoms with Gasteiger partial charge in [0.25, 0.3) is 5.91 Å². The van der Waals surface area contributed by atoms with Crippen molar-refractivity contribution in [3.8, 4) is 0 Å². The molecule has 3 N–H and O–H groups in total. The summed E-state index contributed by atoms with van der Waals surface area (Å²) in [6.07, 6.45) is 1.63. The van der Waals surface area contributed by atoms with E-state index in [4.69, 9.17) is 5.14 Å². The highest BCUT2D eigenvalue weighted by molar-refractivity contribution is 9.10. The molecule has 24 heavy (non-hydrogen) atoms. The molecule has 0 saturated carbocycles. The number of aryl methyl sites for hydroxylation is 1. The maximum Gasteiger partial charge on any atom is 0.252 e. The molecule has 0 saturated heterocycles. The molecule has 128 valence electrons. The second-order valence-corrected chi connectivity index (χ2v) is 8.00. The predicted octanol–water partition coefficient (Wildman–Crippen LogP) is 2.85. The number of carbonyl (C=O) groups excluding carboxylic acids is 1. The van der Waals surface area contributed by atoms with E-state index in [9.17, 15) is 13.2 Å². The van der Waals surface area contributed by atoms with E-state index in [-0.39, 0.29) is 22.4 Å². The average Bonchev–Trinajstić information content (AvgIpc) is 2.53. The Morgan fingerprint density at radius 2 is 1.88 bits per heavy atom. The molecule has 0 aromatic heterocycles. The van der Waals surface area contributed by atoms with Crippen LogP contribution in [0.15, 0.2) is 57.9 Å². The van der Waals surface area contributed by atoms with Crippen molar-refractivity contribution in [3.05, 3.63) is 64.1 Å². The molecular weight excluding hydrogens is 392 g/mol. The van der Waals surface area contributed by atoms with Gasteiger partial charge < -0.3 is 5.32 Å². The Morgan fingerprint density at radius 1 is 1.21 bits per heavy atom. The third-order valence-electron chi connectivity index (χ3n) is 3.60. The van der Waals surface area contributed by atoms with E-state index in [1.165, 1.54) is 23.8 Å². The van der Waals surface area contributed by atoms with Crippen molar-refractivity contribution < 1.29 is 13.2 Å². The summed E-state index contributed by atoms with van der Waals surface area (Å²) in [4.78, 5) is 12.3. The van der Waals surface area contributed by atoms with E-state index in [2.05, 4.69) is 21.2 Å². The quantitative estimate of drug-likeness (QED) is 0.766. The first-order chi connectivity index (χ1) is 11.3. The van der Waals surface area contributed by atoms with Gasteiger partial charge in [-0.15, -0.1) is 0 Å². The van der Waals surface area contributed by atoms with E-state index in [0.717, 1.165) is 12.8 Å². The SMILES string of the molecule is CC(CCc1ccccc1)NC(=O)c1cc(S(N)(=O)=O)ccc1Br. The zero-order valence-corrected chi connectivity index (χ0v) is 15.6. The molecule has 0 aliphatic rings. The van der Waals surface area contributed by atoms with Crippen LogP contribution in [0.2, 0.25) is 0 Å². The fourth-order valence-corrected chi connectivity index (χ4v) is 3.22. The summed E-state index contributed by atoms with van der Waals surface area (Å²) in [5.74, 6) is -0.340. The summed E-state index contributed by atoms with van der Waals surface area (Å²) in [6, 6.07) is 14.1. The molecule has 0 heterocycles. The van der Waals surface area contributed by atoms with Crippen LogP contribution in [0.3, 0.4) is 0 Å². The first-order valence-corrected chi connectivity index (χ1v) is 9.78. The van der Waals surface area contributed by atoms with Gasteiger partial charge in [0.05, 0.1) is 10.5 Å². The van der Waals surface area contributed by atoms with E-state index >= 15 is 0 Å². The molecule has 2 rings (SSSR count). The number of primary sulfonamides is 1. The summed E-state index contributed by atoms with van der Waals surface area (Å²) in [5.41, 5.74) is 1.45. The number of rotatable bonds is 6. The number of nitrogens with one attached hydrogen (secondary N) is 1. The highest BCUT2D eigenvalue weighted by Gasteiger charge is 2.17. The van der Waals surface area contributed by atoms with Crippen LogP contribution in [0, 0.1) is 0 Å². The summed E-state index contributed by atoms with van der Waals surface area (Å²) < 4.78 is 23.4. The molecule has 1 unspecified atom stereocenters. The molecule has 0 fully saturated rings. The largest absolute Gasteiger partial charge is 0.350 e. The smallest absolute Gasteiger partial charge is 0.252 e. The zero-order chi connectivity index (χ0) is 17.7. The lowest BCUT2D eigenvalue weighted by Gasteiger charge is -2.15. The number of hydrogen-bond acceptors (Lipinski definition) is 3. The second-order valence-electron chi connectivity index (χ2n) is 5.59. The fourth-order valence-electron chi connectivity index (χ4n) is 2.26. The van der Waals surface area contributed by atoms with Crippen LogP contribution in [-0.4, -0.2) is 20.4 Å². The molecule has 5 nitrogen and oxygen atoms in total. The number of sulfonamides is 1. The molecule has 0 bridgehead atoms. The Kier molecular flexibility index (Phi) is 6.15. The third kappa shape index (κ3) is 5.15. The summed E-state index contributed by atoms with van der Waals surface area (Å²) >= 11 is 3.27. The van der Waals surface area contributed by atoms with Crippen LogP contribution in [0.1, 0.15) is 29.3 Å². The van der Waals surface area contributed by atoms with Crippen molar-refractivity contribution in [1.29, 1.82) is 0 Å². The Balaban J connectivity index is 2.04. The van der Waals surface area contributed by atoms with E-state index < -0.39 is 10.0 Å². The minimum Gasteiger partial charge on any atom is -0.350 e. The minimum absolute atomic E-state index is 0.0530. The molecule has 1 atom stereocenters. The van der Waals surface area contributed by atoms with Crippen LogP contribution < -0.4 is 10.5 Å². The Bertz CT molecular complexity index is 823. The van der Waals surface area contributed by atoms with Gasteiger partial charge >= 0.3 is 0 Å². The van der Waals surface area contributed by atoms with Crippen molar-refractivity contribution in [3.63, 3.8) is 0 Å². The molecule has 2 aromatic carbocycles. The van der Waals surface area contributed by atoms with Gasteiger partial charge in [-0.25, -0.2) is 13.6 Å². The summed E-state index contributed by atoms with van der Waals surface area (Å²) in [6.45, 7) is 1.91. The van der Waals surface area contributed by atoms with Gasteiger partial charge in [-0.05, 0) is 59.5 Å². The Labute approximate surface area is 150 Å². The van der Waals surface area contributed by atoms with Crippen LogP contribution >= 0.6 is 15.9 Å². The van der Waals surface area contributed by atoms with Gasteiger partial charge in [0.2, 0.25) is 10.0 Å². The van der Waals surface area contributed by atoms with Crippen molar-refractivity contribution in [2.45, 2.75) is 30.7 Å². The second kappa shape index (κ2) is 7.92. The zero-order valence-electron chi connectivity index (χ0n) is 13.2. The van der Waals surface area contributed by atoms with Crippen LogP contribution in [0.25, 0.3) is 0 Å². The van der Waals surface area contributed by atoms with Crippen LogP contribution in [-0.2, 0) is 16.4 Å². The maximum atomic E-state index is 12.4. The number of carbonyl (C=O) groups is 1. The van der Waals surface area contributed by atoms with Gasteiger partial charge in [-0.2, -0.15) is 0 Å². The molecule has 0 spiro atoms. The molecule has 0 aliphatic heterocycles. The normalized spacial score (nSPS) is 12.6.